The molecule has 0 unspecified atom stereocenters. The van der Waals surface area contributed by atoms with Crippen molar-refractivity contribution in [1.29, 1.82) is 0 Å². The van der Waals surface area contributed by atoms with E-state index in [0.29, 0.717) is 11.4 Å². The summed E-state index contributed by atoms with van der Waals surface area (Å²) >= 11 is 0. The average Bonchev–Trinajstić information content (AvgIpc) is 2.42. The average molecular weight is 280 g/mol. The van der Waals surface area contributed by atoms with E-state index in [-0.39, 0.29) is 17.1 Å². The van der Waals surface area contributed by atoms with Crippen LogP contribution in [0.15, 0.2) is 30.3 Å². The van der Waals surface area contributed by atoms with Crippen LogP contribution < -0.4 is 20.5 Å². The van der Waals surface area contributed by atoms with Gasteiger partial charge in [0.05, 0.1) is 25.6 Å². The topological polar surface area (TPSA) is 56.5 Å². The van der Waals surface area contributed by atoms with E-state index in [1.165, 1.54) is 32.4 Å². The van der Waals surface area contributed by atoms with E-state index in [1.54, 1.807) is 6.07 Å². The fourth-order valence-electron chi connectivity index (χ4n) is 1.74. The molecule has 0 atom stereocenters. The first-order valence-corrected chi connectivity index (χ1v) is 5.78. The highest BCUT2D eigenvalue weighted by Crippen LogP contribution is 2.31. The van der Waals surface area contributed by atoms with Crippen molar-refractivity contribution in [3.05, 3.63) is 42.0 Å². The minimum Gasteiger partial charge on any atom is -0.495 e. The highest BCUT2D eigenvalue weighted by atomic mass is 19.1. The summed E-state index contributed by atoms with van der Waals surface area (Å²) in [7, 11) is 2.80. The van der Waals surface area contributed by atoms with E-state index in [2.05, 4.69) is 5.32 Å². The number of anilines is 3. The molecule has 0 saturated carbocycles. The van der Waals surface area contributed by atoms with Crippen LogP contribution in [0.4, 0.5) is 25.8 Å². The Morgan fingerprint density at radius 3 is 2.25 bits per heavy atom. The monoisotopic (exact) mass is 280 g/mol. The van der Waals surface area contributed by atoms with Crippen molar-refractivity contribution < 1.29 is 18.3 Å². The normalized spacial score (nSPS) is 10.2. The highest BCUT2D eigenvalue weighted by Gasteiger charge is 2.10. The van der Waals surface area contributed by atoms with Crippen molar-refractivity contribution in [2.24, 2.45) is 0 Å². The van der Waals surface area contributed by atoms with E-state index in [0.717, 1.165) is 6.07 Å². The standard InChI is InChI=1S/C14H14F2N2O2/c1-19-13-4-3-8(5-10(13)16)18-12-7-14(20-2)11(17)6-9(12)15/h3-7,18H,17H2,1-2H3. The second kappa shape index (κ2) is 5.64. The molecule has 0 spiro atoms. The van der Waals surface area contributed by atoms with Gasteiger partial charge in [-0.2, -0.15) is 0 Å². The molecule has 0 amide bonds. The smallest absolute Gasteiger partial charge is 0.167 e. The number of hydrogen-bond donors (Lipinski definition) is 2. The Balaban J connectivity index is 2.32. The molecule has 0 aliphatic rings. The second-order valence-corrected chi connectivity index (χ2v) is 4.05. The molecular formula is C14H14F2N2O2. The van der Waals surface area contributed by atoms with Crippen molar-refractivity contribution in [1.82, 2.24) is 0 Å². The molecule has 0 aromatic heterocycles. The Bertz CT molecular complexity index is 633. The minimum atomic E-state index is -0.556. The number of rotatable bonds is 4. The molecule has 0 aliphatic carbocycles. The molecule has 0 aliphatic heterocycles. The van der Waals surface area contributed by atoms with Crippen LogP contribution in [0.3, 0.4) is 0 Å². The van der Waals surface area contributed by atoms with E-state index in [4.69, 9.17) is 15.2 Å². The van der Waals surface area contributed by atoms with E-state index in [9.17, 15) is 8.78 Å². The largest absolute Gasteiger partial charge is 0.495 e. The Hall–Kier alpha value is -2.50. The van der Waals surface area contributed by atoms with Crippen LogP contribution in [0.1, 0.15) is 0 Å². The molecule has 20 heavy (non-hydrogen) atoms. The zero-order valence-corrected chi connectivity index (χ0v) is 11.0. The summed E-state index contributed by atoms with van der Waals surface area (Å²) in [6, 6.07) is 6.78. The van der Waals surface area contributed by atoms with E-state index in [1.807, 2.05) is 0 Å². The van der Waals surface area contributed by atoms with Crippen LogP contribution in [-0.2, 0) is 0 Å². The third kappa shape index (κ3) is 2.74. The molecule has 2 aromatic rings. The predicted molar refractivity (Wildman–Crippen MR) is 73.6 cm³/mol. The lowest BCUT2D eigenvalue weighted by Gasteiger charge is -2.12. The Morgan fingerprint density at radius 2 is 1.65 bits per heavy atom. The summed E-state index contributed by atoms with van der Waals surface area (Å²) in [6.45, 7) is 0. The van der Waals surface area contributed by atoms with Gasteiger partial charge in [-0.25, -0.2) is 8.78 Å². The maximum absolute atomic E-state index is 13.8. The number of benzene rings is 2. The number of ether oxygens (including phenoxy) is 2. The molecule has 2 rings (SSSR count). The van der Waals surface area contributed by atoms with Crippen molar-refractivity contribution in [2.45, 2.75) is 0 Å². The number of nitrogens with two attached hydrogens (primary N) is 1. The van der Waals surface area contributed by atoms with E-state index >= 15 is 0 Å². The van der Waals surface area contributed by atoms with Gasteiger partial charge in [-0.3, -0.25) is 0 Å². The number of methoxy groups -OCH3 is 2. The molecule has 0 saturated heterocycles. The van der Waals surface area contributed by atoms with Crippen LogP contribution in [0.25, 0.3) is 0 Å². The Labute approximate surface area is 115 Å². The lowest BCUT2D eigenvalue weighted by Crippen LogP contribution is -1.99. The van der Waals surface area contributed by atoms with Gasteiger partial charge in [-0.15, -0.1) is 0 Å². The molecule has 3 N–H and O–H groups in total. The lowest BCUT2D eigenvalue weighted by molar-refractivity contribution is 0.386. The van der Waals surface area contributed by atoms with Crippen LogP contribution >= 0.6 is 0 Å². The summed E-state index contributed by atoms with van der Waals surface area (Å²) < 4.78 is 37.2. The highest BCUT2D eigenvalue weighted by molar-refractivity contribution is 5.68. The van der Waals surface area contributed by atoms with Crippen LogP contribution in [0.2, 0.25) is 0 Å². The summed E-state index contributed by atoms with van der Waals surface area (Å²) in [6.07, 6.45) is 0. The van der Waals surface area contributed by atoms with Crippen molar-refractivity contribution in [2.75, 3.05) is 25.3 Å². The molecule has 6 heteroatoms. The first kappa shape index (κ1) is 13.9. The first-order chi connectivity index (χ1) is 9.55. The minimum absolute atomic E-state index is 0.117. The molecule has 0 fully saturated rings. The van der Waals surface area contributed by atoms with Crippen LogP contribution in [0, 0.1) is 11.6 Å². The third-order valence-electron chi connectivity index (χ3n) is 2.75. The van der Waals surface area contributed by atoms with Gasteiger partial charge in [0.25, 0.3) is 0 Å². The molecule has 2 aromatic carbocycles. The summed E-state index contributed by atoms with van der Waals surface area (Å²) in [5.74, 6) is -0.645. The zero-order valence-electron chi connectivity index (χ0n) is 11.0. The fourth-order valence-corrected chi connectivity index (χ4v) is 1.74. The number of nitrogens with one attached hydrogen (secondary N) is 1. The van der Waals surface area contributed by atoms with Gasteiger partial charge in [0.1, 0.15) is 11.6 Å². The van der Waals surface area contributed by atoms with Gasteiger partial charge < -0.3 is 20.5 Å². The number of nitrogen functional groups attached to an aromatic ring is 1. The first-order valence-electron chi connectivity index (χ1n) is 5.78. The van der Waals surface area contributed by atoms with Crippen LogP contribution in [-0.4, -0.2) is 14.2 Å². The molecule has 0 heterocycles. The second-order valence-electron chi connectivity index (χ2n) is 4.05. The number of halogens is 2. The third-order valence-corrected chi connectivity index (χ3v) is 2.75. The van der Waals surface area contributed by atoms with Gasteiger partial charge in [0, 0.05) is 23.9 Å². The van der Waals surface area contributed by atoms with Crippen molar-refractivity contribution in [3.8, 4) is 11.5 Å². The molecular weight excluding hydrogens is 266 g/mol. The molecule has 0 radical (unpaired) electrons. The Morgan fingerprint density at radius 1 is 0.950 bits per heavy atom. The SMILES string of the molecule is COc1cc(Nc2ccc(OC)c(F)c2)c(F)cc1N. The van der Waals surface area contributed by atoms with Gasteiger partial charge in [-0.05, 0) is 12.1 Å². The number of hydrogen-bond acceptors (Lipinski definition) is 4. The van der Waals surface area contributed by atoms with Crippen LogP contribution in [0.5, 0.6) is 11.5 Å². The molecule has 4 nitrogen and oxygen atoms in total. The quantitative estimate of drug-likeness (QED) is 0.844. The van der Waals surface area contributed by atoms with Gasteiger partial charge in [0.2, 0.25) is 0 Å². The Kier molecular flexibility index (Phi) is 3.93. The summed E-state index contributed by atoms with van der Waals surface area (Å²) in [5, 5.41) is 2.76. The summed E-state index contributed by atoms with van der Waals surface area (Å²) in [4.78, 5) is 0. The van der Waals surface area contributed by atoms with Gasteiger partial charge in [-0.1, -0.05) is 0 Å². The van der Waals surface area contributed by atoms with Gasteiger partial charge in [0.15, 0.2) is 11.6 Å². The zero-order chi connectivity index (χ0) is 14.7. The molecule has 106 valence electrons. The fraction of sp³-hybridized carbons (Fsp3) is 0.143. The van der Waals surface area contributed by atoms with Crippen molar-refractivity contribution in [3.63, 3.8) is 0 Å². The van der Waals surface area contributed by atoms with E-state index < -0.39 is 11.6 Å². The summed E-state index contributed by atoms with van der Waals surface area (Å²) in [5.41, 5.74) is 6.30. The lowest BCUT2D eigenvalue weighted by atomic mass is 10.2. The molecule has 0 bridgehead atoms. The van der Waals surface area contributed by atoms with Gasteiger partial charge >= 0.3 is 0 Å². The van der Waals surface area contributed by atoms with Crippen molar-refractivity contribution >= 4 is 17.1 Å². The maximum Gasteiger partial charge on any atom is 0.167 e. The predicted octanol–water partition coefficient (Wildman–Crippen LogP) is 3.31. The maximum atomic E-state index is 13.8.